The van der Waals surface area contributed by atoms with Crippen LogP contribution in [0.15, 0.2) is 0 Å². The molecule has 0 unspecified atom stereocenters. The number of aromatic nitrogens is 2. The van der Waals surface area contributed by atoms with Gasteiger partial charge in [0, 0.05) is 24.9 Å². The molecular formula is C11H17N3O. The average molecular weight is 207 g/mol. The van der Waals surface area contributed by atoms with Crippen LogP contribution >= 0.6 is 0 Å². The van der Waals surface area contributed by atoms with E-state index in [0.29, 0.717) is 12.5 Å². The molecule has 4 heteroatoms. The minimum Gasteiger partial charge on any atom is -0.375 e. The van der Waals surface area contributed by atoms with Crippen molar-refractivity contribution in [3.8, 4) is 0 Å². The van der Waals surface area contributed by atoms with Crippen LogP contribution in [0.2, 0.25) is 0 Å². The summed E-state index contributed by atoms with van der Waals surface area (Å²) in [5.74, 6) is 2.21. The minimum atomic E-state index is 0.351. The second-order valence-corrected chi connectivity index (χ2v) is 4.06. The van der Waals surface area contributed by atoms with E-state index in [4.69, 9.17) is 4.74 Å². The molecule has 4 nitrogen and oxygen atoms in total. The molecule has 1 aliphatic rings. The van der Waals surface area contributed by atoms with Gasteiger partial charge >= 0.3 is 0 Å². The molecule has 0 amide bonds. The monoisotopic (exact) mass is 207 g/mol. The molecule has 0 saturated carbocycles. The Balaban J connectivity index is 2.48. The number of fused-ring (bicyclic) bond motifs is 1. The summed E-state index contributed by atoms with van der Waals surface area (Å²) in [5.41, 5.74) is 2.26. The molecule has 0 radical (unpaired) electrons. The molecule has 0 spiro atoms. The fraction of sp³-hybridized carbons (Fsp3) is 0.636. The second-order valence-electron chi connectivity index (χ2n) is 4.06. The normalized spacial score (nSPS) is 15.2. The lowest BCUT2D eigenvalue weighted by molar-refractivity contribution is 0.107. The molecule has 1 aromatic heterocycles. The van der Waals surface area contributed by atoms with Crippen molar-refractivity contribution in [1.82, 2.24) is 9.97 Å². The fourth-order valence-electron chi connectivity index (χ4n) is 1.74. The first-order valence-corrected chi connectivity index (χ1v) is 5.37. The van der Waals surface area contributed by atoms with Gasteiger partial charge in [0.25, 0.3) is 0 Å². The maximum atomic E-state index is 5.41. The van der Waals surface area contributed by atoms with E-state index in [1.165, 1.54) is 5.56 Å². The summed E-state index contributed by atoms with van der Waals surface area (Å²) in [7, 11) is 1.90. The minimum absolute atomic E-state index is 0.351. The molecule has 0 aliphatic carbocycles. The third-order valence-corrected chi connectivity index (χ3v) is 2.60. The van der Waals surface area contributed by atoms with Crippen LogP contribution in [-0.2, 0) is 17.8 Å². The molecule has 1 N–H and O–H groups in total. The Morgan fingerprint density at radius 2 is 2.13 bits per heavy atom. The first kappa shape index (κ1) is 10.4. The zero-order valence-electron chi connectivity index (χ0n) is 9.50. The van der Waals surface area contributed by atoms with Crippen LogP contribution in [0.25, 0.3) is 0 Å². The highest BCUT2D eigenvalue weighted by molar-refractivity contribution is 5.47. The molecule has 0 atom stereocenters. The van der Waals surface area contributed by atoms with Gasteiger partial charge in [-0.25, -0.2) is 9.97 Å². The number of anilines is 1. The van der Waals surface area contributed by atoms with Crippen molar-refractivity contribution in [1.29, 1.82) is 0 Å². The zero-order valence-corrected chi connectivity index (χ0v) is 9.50. The number of ether oxygens (including phenoxy) is 1. The van der Waals surface area contributed by atoms with E-state index in [-0.39, 0.29) is 0 Å². The van der Waals surface area contributed by atoms with E-state index < -0.39 is 0 Å². The molecule has 0 aromatic carbocycles. The topological polar surface area (TPSA) is 47.0 Å². The predicted molar refractivity (Wildman–Crippen MR) is 59.0 cm³/mol. The molecular weight excluding hydrogens is 190 g/mol. The lowest BCUT2D eigenvalue weighted by Gasteiger charge is -2.20. The highest BCUT2D eigenvalue weighted by Gasteiger charge is 2.18. The van der Waals surface area contributed by atoms with E-state index in [1.807, 2.05) is 7.05 Å². The highest BCUT2D eigenvalue weighted by Crippen LogP contribution is 2.23. The highest BCUT2D eigenvalue weighted by atomic mass is 16.5. The van der Waals surface area contributed by atoms with Crippen molar-refractivity contribution in [2.24, 2.45) is 0 Å². The Kier molecular flexibility index (Phi) is 2.86. The second kappa shape index (κ2) is 4.14. The van der Waals surface area contributed by atoms with Gasteiger partial charge in [-0.1, -0.05) is 13.8 Å². The summed E-state index contributed by atoms with van der Waals surface area (Å²) in [4.78, 5) is 9.07. The summed E-state index contributed by atoms with van der Waals surface area (Å²) in [6.07, 6.45) is 0.907. The number of hydrogen-bond acceptors (Lipinski definition) is 4. The van der Waals surface area contributed by atoms with Crippen molar-refractivity contribution >= 4 is 5.82 Å². The third kappa shape index (κ3) is 1.95. The lowest BCUT2D eigenvalue weighted by Crippen LogP contribution is -2.17. The van der Waals surface area contributed by atoms with Crippen LogP contribution in [0.4, 0.5) is 5.82 Å². The molecule has 15 heavy (non-hydrogen) atoms. The summed E-state index contributed by atoms with van der Waals surface area (Å²) in [6.45, 7) is 5.59. The third-order valence-electron chi connectivity index (χ3n) is 2.60. The summed E-state index contributed by atoms with van der Waals surface area (Å²) in [5, 5.41) is 3.14. The Morgan fingerprint density at radius 1 is 1.33 bits per heavy atom. The molecule has 1 aromatic rings. The number of hydrogen-bond donors (Lipinski definition) is 1. The van der Waals surface area contributed by atoms with Gasteiger partial charge in [-0.3, -0.25) is 0 Å². The van der Waals surface area contributed by atoms with E-state index in [1.54, 1.807) is 0 Å². The molecule has 0 saturated heterocycles. The Hall–Kier alpha value is -1.16. The van der Waals surface area contributed by atoms with E-state index in [0.717, 1.165) is 30.4 Å². The van der Waals surface area contributed by atoms with Gasteiger partial charge in [-0.2, -0.15) is 0 Å². The van der Waals surface area contributed by atoms with Crippen LogP contribution in [0.5, 0.6) is 0 Å². The number of rotatable bonds is 2. The van der Waals surface area contributed by atoms with Gasteiger partial charge in [-0.05, 0) is 0 Å². The molecule has 2 heterocycles. The maximum absolute atomic E-state index is 5.41. The summed E-state index contributed by atoms with van der Waals surface area (Å²) in [6, 6.07) is 0. The molecule has 82 valence electrons. The quantitative estimate of drug-likeness (QED) is 0.802. The van der Waals surface area contributed by atoms with Gasteiger partial charge in [0.05, 0.1) is 18.9 Å². The molecule has 0 fully saturated rings. The van der Waals surface area contributed by atoms with Crippen molar-refractivity contribution in [3.05, 3.63) is 17.1 Å². The van der Waals surface area contributed by atoms with Gasteiger partial charge in [0.1, 0.15) is 11.6 Å². The Labute approximate surface area is 90.1 Å². The zero-order chi connectivity index (χ0) is 10.8. The van der Waals surface area contributed by atoms with Crippen LogP contribution in [0, 0.1) is 0 Å². The largest absolute Gasteiger partial charge is 0.375 e. The molecule has 2 rings (SSSR count). The van der Waals surface area contributed by atoms with Crippen molar-refractivity contribution in [3.63, 3.8) is 0 Å². The lowest BCUT2D eigenvalue weighted by atomic mass is 10.1. The first-order chi connectivity index (χ1) is 7.22. The SMILES string of the molecule is CNc1nc(C(C)C)nc2c1CCOC2. The van der Waals surface area contributed by atoms with Crippen molar-refractivity contribution in [2.75, 3.05) is 19.0 Å². The number of nitrogens with one attached hydrogen (secondary N) is 1. The van der Waals surface area contributed by atoms with Crippen LogP contribution in [0.1, 0.15) is 36.8 Å². The van der Waals surface area contributed by atoms with Gasteiger partial charge in [-0.15, -0.1) is 0 Å². The Morgan fingerprint density at radius 3 is 2.80 bits per heavy atom. The summed E-state index contributed by atoms with van der Waals surface area (Å²) < 4.78 is 5.41. The first-order valence-electron chi connectivity index (χ1n) is 5.37. The Bertz CT molecular complexity index is 346. The molecule has 0 bridgehead atoms. The fourth-order valence-corrected chi connectivity index (χ4v) is 1.74. The van der Waals surface area contributed by atoms with E-state index in [9.17, 15) is 0 Å². The van der Waals surface area contributed by atoms with Gasteiger partial charge in [0.2, 0.25) is 0 Å². The molecule has 1 aliphatic heterocycles. The standard InChI is InChI=1S/C11H17N3O/c1-7(2)10-13-9-6-15-5-4-8(9)11(12-3)14-10/h7H,4-6H2,1-3H3,(H,12,13,14). The summed E-state index contributed by atoms with van der Waals surface area (Å²) >= 11 is 0. The predicted octanol–water partition coefficient (Wildman–Crippen LogP) is 1.71. The van der Waals surface area contributed by atoms with Crippen molar-refractivity contribution in [2.45, 2.75) is 32.8 Å². The van der Waals surface area contributed by atoms with Crippen molar-refractivity contribution < 1.29 is 4.74 Å². The van der Waals surface area contributed by atoms with Crippen LogP contribution < -0.4 is 5.32 Å². The van der Waals surface area contributed by atoms with Gasteiger partial charge < -0.3 is 10.1 Å². The van der Waals surface area contributed by atoms with E-state index in [2.05, 4.69) is 29.1 Å². The van der Waals surface area contributed by atoms with Gasteiger partial charge in [0.15, 0.2) is 0 Å². The average Bonchev–Trinajstić information content (AvgIpc) is 2.27. The smallest absolute Gasteiger partial charge is 0.133 e. The van der Waals surface area contributed by atoms with Crippen LogP contribution in [0.3, 0.4) is 0 Å². The number of nitrogens with zero attached hydrogens (tertiary/aromatic N) is 2. The maximum Gasteiger partial charge on any atom is 0.133 e. The van der Waals surface area contributed by atoms with Crippen LogP contribution in [-0.4, -0.2) is 23.6 Å². The van der Waals surface area contributed by atoms with E-state index >= 15 is 0 Å².